The fourth-order valence-electron chi connectivity index (χ4n) is 2.79. The van der Waals surface area contributed by atoms with Crippen molar-refractivity contribution in [3.05, 3.63) is 24.2 Å². The number of nitrogens with zero attached hydrogens (tertiary/aromatic N) is 3. The molecule has 1 aliphatic heterocycles. The monoisotopic (exact) mass is 299 g/mol. The average molecular weight is 300 g/mol. The van der Waals surface area contributed by atoms with E-state index < -0.39 is 15.4 Å². The van der Waals surface area contributed by atoms with Gasteiger partial charge in [-0.25, -0.2) is 18.4 Å². The van der Waals surface area contributed by atoms with Crippen LogP contribution in [0.25, 0.3) is 11.2 Å². The zero-order valence-electron chi connectivity index (χ0n) is 10.5. The van der Waals surface area contributed by atoms with Crippen molar-refractivity contribution in [1.29, 1.82) is 0 Å². The van der Waals surface area contributed by atoms with Gasteiger partial charge in [-0.05, 0) is 25.5 Å². The van der Waals surface area contributed by atoms with E-state index >= 15 is 0 Å². The molecule has 102 valence electrons. The number of pyridine rings is 1. The average Bonchev–Trinajstić information content (AvgIpc) is 2.87. The molecule has 0 amide bonds. The van der Waals surface area contributed by atoms with Crippen molar-refractivity contribution in [3.63, 3.8) is 0 Å². The van der Waals surface area contributed by atoms with Crippen LogP contribution in [0.2, 0.25) is 0 Å². The first-order chi connectivity index (χ1) is 8.95. The molecule has 1 unspecified atom stereocenters. The highest BCUT2D eigenvalue weighted by atomic mass is 35.5. The van der Waals surface area contributed by atoms with Gasteiger partial charge in [0, 0.05) is 6.20 Å². The van der Waals surface area contributed by atoms with Crippen molar-refractivity contribution in [1.82, 2.24) is 14.5 Å². The molecule has 1 fully saturated rings. The van der Waals surface area contributed by atoms with Gasteiger partial charge in [0.2, 0.25) is 0 Å². The van der Waals surface area contributed by atoms with Crippen LogP contribution in [0, 0.1) is 0 Å². The third kappa shape index (κ3) is 2.03. The van der Waals surface area contributed by atoms with E-state index in [1.807, 2.05) is 23.6 Å². The van der Waals surface area contributed by atoms with Crippen molar-refractivity contribution in [2.24, 2.45) is 0 Å². The van der Waals surface area contributed by atoms with E-state index in [0.29, 0.717) is 17.9 Å². The number of imidazole rings is 1. The molecule has 5 nitrogen and oxygen atoms in total. The second-order valence-corrected chi connectivity index (χ2v) is 7.63. The summed E-state index contributed by atoms with van der Waals surface area (Å²) in [4.78, 5) is 8.78. The standard InChI is InChI=1S/C12H14ClN3O2S/c1-12(4-6-19(17,18)8-12)16-10(7-13)15-9-3-2-5-14-11(9)16/h2-3,5H,4,6-8H2,1H3. The van der Waals surface area contributed by atoms with Gasteiger partial charge < -0.3 is 4.57 Å². The van der Waals surface area contributed by atoms with Crippen LogP contribution < -0.4 is 0 Å². The summed E-state index contributed by atoms with van der Waals surface area (Å²) in [5.74, 6) is 1.24. The largest absolute Gasteiger partial charge is 0.305 e. The Balaban J connectivity index is 2.24. The third-order valence-corrected chi connectivity index (χ3v) is 5.75. The number of sulfone groups is 1. The van der Waals surface area contributed by atoms with Crippen molar-refractivity contribution in [3.8, 4) is 0 Å². The Morgan fingerprint density at radius 3 is 2.95 bits per heavy atom. The first-order valence-electron chi connectivity index (χ1n) is 6.04. The summed E-state index contributed by atoms with van der Waals surface area (Å²) in [6, 6.07) is 3.67. The van der Waals surface area contributed by atoms with Crippen LogP contribution in [-0.2, 0) is 21.3 Å². The lowest BCUT2D eigenvalue weighted by molar-refractivity contribution is 0.365. The predicted octanol–water partition coefficient (Wildman–Crippen LogP) is 1.70. The SMILES string of the molecule is CC1(n2c(CCl)nc3cccnc32)CCS(=O)(=O)C1. The van der Waals surface area contributed by atoms with Gasteiger partial charge in [-0.2, -0.15) is 0 Å². The maximum atomic E-state index is 11.8. The molecule has 0 radical (unpaired) electrons. The minimum absolute atomic E-state index is 0.117. The molecule has 1 aliphatic rings. The second-order valence-electron chi connectivity index (χ2n) is 5.18. The molecule has 0 N–H and O–H groups in total. The number of fused-ring (bicyclic) bond motifs is 1. The molecule has 0 bridgehead atoms. The van der Waals surface area contributed by atoms with Gasteiger partial charge in [-0.15, -0.1) is 11.6 Å². The third-order valence-electron chi connectivity index (χ3n) is 3.63. The Labute approximate surface area is 116 Å². The zero-order chi connectivity index (χ0) is 13.7. The van der Waals surface area contributed by atoms with Gasteiger partial charge in [0.05, 0.1) is 22.9 Å². The highest BCUT2D eigenvalue weighted by Gasteiger charge is 2.42. The maximum absolute atomic E-state index is 11.8. The summed E-state index contributed by atoms with van der Waals surface area (Å²) >= 11 is 5.95. The van der Waals surface area contributed by atoms with Crippen LogP contribution in [0.3, 0.4) is 0 Å². The topological polar surface area (TPSA) is 64.8 Å². The molecule has 0 aromatic carbocycles. The van der Waals surface area contributed by atoms with Crippen molar-refractivity contribution in [2.75, 3.05) is 11.5 Å². The van der Waals surface area contributed by atoms with Crippen LogP contribution in [0.4, 0.5) is 0 Å². The van der Waals surface area contributed by atoms with Gasteiger partial charge in [0.1, 0.15) is 11.3 Å². The second kappa shape index (κ2) is 4.18. The summed E-state index contributed by atoms with van der Waals surface area (Å²) in [5, 5.41) is 0. The molecule has 0 saturated carbocycles. The summed E-state index contributed by atoms with van der Waals surface area (Å²) in [7, 11) is -2.99. The fraction of sp³-hybridized carbons (Fsp3) is 0.500. The Kier molecular flexibility index (Phi) is 2.83. The van der Waals surface area contributed by atoms with Crippen LogP contribution in [0.1, 0.15) is 19.2 Å². The minimum Gasteiger partial charge on any atom is -0.305 e. The summed E-state index contributed by atoms with van der Waals surface area (Å²) in [5.41, 5.74) is 0.952. The lowest BCUT2D eigenvalue weighted by Gasteiger charge is -2.26. The molecule has 3 heterocycles. The summed E-state index contributed by atoms with van der Waals surface area (Å²) in [6.07, 6.45) is 2.26. The van der Waals surface area contributed by atoms with Gasteiger partial charge in [0.15, 0.2) is 15.5 Å². The van der Waals surface area contributed by atoms with Gasteiger partial charge >= 0.3 is 0 Å². The number of hydrogen-bond acceptors (Lipinski definition) is 4. The van der Waals surface area contributed by atoms with E-state index in [4.69, 9.17) is 11.6 Å². The number of alkyl halides is 1. The summed E-state index contributed by atoms with van der Waals surface area (Å²) in [6.45, 7) is 1.93. The van der Waals surface area contributed by atoms with Crippen LogP contribution >= 0.6 is 11.6 Å². The molecule has 7 heteroatoms. The molecular weight excluding hydrogens is 286 g/mol. The van der Waals surface area contributed by atoms with Gasteiger partial charge in [-0.1, -0.05) is 0 Å². The van der Waals surface area contributed by atoms with Crippen LogP contribution in [0.5, 0.6) is 0 Å². The Morgan fingerprint density at radius 2 is 2.32 bits per heavy atom. The predicted molar refractivity (Wildman–Crippen MR) is 74.0 cm³/mol. The molecule has 2 aromatic rings. The molecule has 2 aromatic heterocycles. The van der Waals surface area contributed by atoms with Gasteiger partial charge in [0.25, 0.3) is 0 Å². The number of halogens is 1. The first-order valence-corrected chi connectivity index (χ1v) is 8.40. The lowest BCUT2D eigenvalue weighted by Crippen LogP contribution is -2.32. The maximum Gasteiger partial charge on any atom is 0.160 e. The van der Waals surface area contributed by atoms with Crippen LogP contribution in [-0.4, -0.2) is 34.5 Å². The van der Waals surface area contributed by atoms with Crippen molar-refractivity contribution >= 4 is 32.6 Å². The van der Waals surface area contributed by atoms with Crippen LogP contribution in [0.15, 0.2) is 18.3 Å². The molecule has 1 atom stereocenters. The van der Waals surface area contributed by atoms with E-state index in [2.05, 4.69) is 9.97 Å². The number of aromatic nitrogens is 3. The van der Waals surface area contributed by atoms with Crippen molar-refractivity contribution < 1.29 is 8.42 Å². The summed E-state index contributed by atoms with van der Waals surface area (Å²) < 4.78 is 25.5. The molecule has 3 rings (SSSR count). The van der Waals surface area contributed by atoms with E-state index in [1.165, 1.54) is 0 Å². The highest BCUT2D eigenvalue weighted by Crippen LogP contribution is 2.34. The molecule has 0 aliphatic carbocycles. The zero-order valence-corrected chi connectivity index (χ0v) is 12.1. The quantitative estimate of drug-likeness (QED) is 0.792. The number of hydrogen-bond donors (Lipinski definition) is 0. The normalized spacial score (nSPS) is 26.0. The van der Waals surface area contributed by atoms with E-state index in [0.717, 1.165) is 5.52 Å². The van der Waals surface area contributed by atoms with Gasteiger partial charge in [-0.3, -0.25) is 0 Å². The Hall–Kier alpha value is -1.14. The minimum atomic E-state index is -2.99. The first kappa shape index (κ1) is 12.9. The van der Waals surface area contributed by atoms with E-state index in [1.54, 1.807) is 6.20 Å². The molecule has 0 spiro atoms. The lowest BCUT2D eigenvalue weighted by atomic mass is 10.0. The molecule has 19 heavy (non-hydrogen) atoms. The van der Waals surface area contributed by atoms with Crippen molar-refractivity contribution in [2.45, 2.75) is 24.8 Å². The Morgan fingerprint density at radius 1 is 1.53 bits per heavy atom. The highest BCUT2D eigenvalue weighted by molar-refractivity contribution is 7.91. The smallest absolute Gasteiger partial charge is 0.160 e. The van der Waals surface area contributed by atoms with E-state index in [-0.39, 0.29) is 17.4 Å². The number of rotatable bonds is 2. The van der Waals surface area contributed by atoms with E-state index in [9.17, 15) is 8.42 Å². The molecular formula is C12H14ClN3O2S. The molecule has 1 saturated heterocycles. The Bertz CT molecular complexity index is 741. The fourth-order valence-corrected chi connectivity index (χ4v) is 5.08.